The number of hydrogen-bond donors (Lipinski definition) is 1. The summed E-state index contributed by atoms with van der Waals surface area (Å²) in [5, 5.41) is 12.0. The summed E-state index contributed by atoms with van der Waals surface area (Å²) in [5.74, 6) is -0.215. The lowest BCUT2D eigenvalue weighted by molar-refractivity contribution is 0.0335. The molecule has 6 heteroatoms. The van der Waals surface area contributed by atoms with Crippen LogP contribution in [0, 0.1) is 5.82 Å². The average Bonchev–Trinajstić information content (AvgIpc) is 3.00. The number of nitrogens with zero attached hydrogens (tertiary/aromatic N) is 1. The molecule has 4 nitrogen and oxygen atoms in total. The van der Waals surface area contributed by atoms with Crippen molar-refractivity contribution < 1.29 is 19.0 Å². The molecular weight excluding hydrogens is 305 g/mol. The van der Waals surface area contributed by atoms with E-state index >= 15 is 0 Å². The van der Waals surface area contributed by atoms with Crippen molar-refractivity contribution in [2.75, 3.05) is 32.2 Å². The second-order valence-corrected chi connectivity index (χ2v) is 5.98. The minimum absolute atomic E-state index is 0.206. The van der Waals surface area contributed by atoms with Crippen LogP contribution in [0.1, 0.15) is 4.88 Å². The lowest BCUT2D eigenvalue weighted by Gasteiger charge is -2.23. The fraction of sp³-hybridized carbons (Fsp3) is 0.375. The Morgan fingerprint density at radius 2 is 2.18 bits per heavy atom. The highest BCUT2D eigenvalue weighted by atomic mass is 32.1. The summed E-state index contributed by atoms with van der Waals surface area (Å²) in [4.78, 5) is 2.90. The fourth-order valence-electron chi connectivity index (χ4n) is 2.06. The number of methoxy groups -OCH3 is 1. The van der Waals surface area contributed by atoms with Gasteiger partial charge in [0.1, 0.15) is 0 Å². The van der Waals surface area contributed by atoms with E-state index in [4.69, 9.17) is 9.47 Å². The van der Waals surface area contributed by atoms with Crippen LogP contribution in [0.4, 0.5) is 10.1 Å². The molecule has 22 heavy (non-hydrogen) atoms. The Morgan fingerprint density at radius 3 is 2.82 bits per heavy atom. The van der Waals surface area contributed by atoms with E-state index in [1.807, 2.05) is 17.5 Å². The largest absolute Gasteiger partial charge is 0.494 e. The number of rotatable bonds is 8. The number of halogens is 1. The zero-order chi connectivity index (χ0) is 15.9. The van der Waals surface area contributed by atoms with E-state index in [9.17, 15) is 9.50 Å². The van der Waals surface area contributed by atoms with Gasteiger partial charge in [-0.05, 0) is 23.6 Å². The number of aliphatic hydroxyl groups excluding tert-OH is 1. The van der Waals surface area contributed by atoms with Crippen molar-refractivity contribution >= 4 is 17.0 Å². The summed E-state index contributed by atoms with van der Waals surface area (Å²) in [7, 11) is 3.22. The topological polar surface area (TPSA) is 41.9 Å². The third kappa shape index (κ3) is 4.69. The second-order valence-electron chi connectivity index (χ2n) is 4.95. The van der Waals surface area contributed by atoms with Crippen molar-refractivity contribution in [2.45, 2.75) is 12.7 Å². The Hall–Kier alpha value is -1.63. The number of aliphatic hydroxyl groups is 1. The highest BCUT2D eigenvalue weighted by Crippen LogP contribution is 2.22. The molecule has 1 aromatic heterocycles. The molecule has 0 aliphatic heterocycles. The molecule has 0 spiro atoms. The van der Waals surface area contributed by atoms with Gasteiger partial charge in [-0.25, -0.2) is 4.39 Å². The van der Waals surface area contributed by atoms with Gasteiger partial charge < -0.3 is 19.5 Å². The van der Waals surface area contributed by atoms with Gasteiger partial charge >= 0.3 is 0 Å². The maximum absolute atomic E-state index is 13.7. The highest BCUT2D eigenvalue weighted by Gasteiger charge is 2.12. The number of anilines is 1. The number of benzene rings is 1. The SMILES string of the molecule is COc1ccc(N(C)CC(O)COCc2cccs2)cc1F. The first kappa shape index (κ1) is 16.7. The van der Waals surface area contributed by atoms with Gasteiger partial charge in [0, 0.05) is 30.2 Å². The van der Waals surface area contributed by atoms with Crippen LogP contribution in [0.5, 0.6) is 5.75 Å². The third-order valence-corrected chi connectivity index (χ3v) is 4.05. The molecule has 1 heterocycles. The van der Waals surface area contributed by atoms with Crippen LogP contribution in [0.25, 0.3) is 0 Å². The zero-order valence-corrected chi connectivity index (χ0v) is 13.5. The summed E-state index contributed by atoms with van der Waals surface area (Å²) in [6.45, 7) is 1.09. The number of likely N-dealkylation sites (N-methyl/N-ethyl adjacent to an activating group) is 1. The normalized spacial score (nSPS) is 12.2. The molecule has 0 bridgehead atoms. The lowest BCUT2D eigenvalue weighted by Crippen LogP contribution is -2.32. The molecule has 1 unspecified atom stereocenters. The van der Waals surface area contributed by atoms with Crippen molar-refractivity contribution in [1.82, 2.24) is 0 Å². The van der Waals surface area contributed by atoms with Gasteiger partial charge in [0.05, 0.1) is 26.4 Å². The van der Waals surface area contributed by atoms with Gasteiger partial charge in [-0.3, -0.25) is 0 Å². The van der Waals surface area contributed by atoms with Crippen LogP contribution in [0.3, 0.4) is 0 Å². The van der Waals surface area contributed by atoms with Crippen LogP contribution < -0.4 is 9.64 Å². The quantitative estimate of drug-likeness (QED) is 0.810. The highest BCUT2D eigenvalue weighted by molar-refractivity contribution is 7.09. The molecule has 0 amide bonds. The van der Waals surface area contributed by atoms with Gasteiger partial charge in [0.15, 0.2) is 11.6 Å². The van der Waals surface area contributed by atoms with Crippen molar-refractivity contribution in [3.63, 3.8) is 0 Å². The van der Waals surface area contributed by atoms with E-state index in [2.05, 4.69) is 0 Å². The minimum Gasteiger partial charge on any atom is -0.494 e. The molecule has 0 aliphatic rings. The van der Waals surface area contributed by atoms with E-state index in [0.717, 1.165) is 4.88 Å². The molecule has 1 aromatic carbocycles. The summed E-state index contributed by atoms with van der Waals surface area (Å²) >= 11 is 1.62. The van der Waals surface area contributed by atoms with Crippen molar-refractivity contribution in [1.29, 1.82) is 0 Å². The lowest BCUT2D eigenvalue weighted by atomic mass is 10.2. The molecular formula is C16H20FNO3S. The molecule has 0 radical (unpaired) electrons. The molecule has 1 N–H and O–H groups in total. The Morgan fingerprint density at radius 1 is 1.36 bits per heavy atom. The average molecular weight is 325 g/mol. The second kappa shape index (κ2) is 8.12. The van der Waals surface area contributed by atoms with Crippen molar-refractivity contribution in [3.8, 4) is 5.75 Å². The van der Waals surface area contributed by atoms with Crippen LogP contribution in [-0.4, -0.2) is 38.5 Å². The summed E-state index contributed by atoms with van der Waals surface area (Å²) in [6.07, 6.45) is -0.643. The van der Waals surface area contributed by atoms with Crippen LogP contribution in [0.2, 0.25) is 0 Å². The van der Waals surface area contributed by atoms with E-state index < -0.39 is 11.9 Å². The molecule has 0 saturated heterocycles. The third-order valence-electron chi connectivity index (χ3n) is 3.20. The predicted molar refractivity (Wildman–Crippen MR) is 86.2 cm³/mol. The molecule has 0 saturated carbocycles. The maximum atomic E-state index is 13.7. The van der Waals surface area contributed by atoms with E-state index in [1.165, 1.54) is 13.2 Å². The Bertz CT molecular complexity index is 577. The van der Waals surface area contributed by atoms with Gasteiger partial charge in [0.25, 0.3) is 0 Å². The molecule has 0 fully saturated rings. The monoisotopic (exact) mass is 325 g/mol. The molecule has 0 aliphatic carbocycles. The summed E-state index contributed by atoms with van der Waals surface area (Å²) in [6, 6.07) is 8.66. The van der Waals surface area contributed by atoms with E-state index in [-0.39, 0.29) is 12.4 Å². The number of ether oxygens (including phenoxy) is 2. The summed E-state index contributed by atoms with van der Waals surface area (Å²) < 4.78 is 24.0. The molecule has 2 rings (SSSR count). The van der Waals surface area contributed by atoms with E-state index in [0.29, 0.717) is 18.8 Å². The minimum atomic E-state index is -0.643. The maximum Gasteiger partial charge on any atom is 0.167 e. The summed E-state index contributed by atoms with van der Waals surface area (Å²) in [5.41, 5.74) is 0.676. The van der Waals surface area contributed by atoms with Crippen molar-refractivity contribution in [2.24, 2.45) is 0 Å². The van der Waals surface area contributed by atoms with E-state index in [1.54, 1.807) is 35.4 Å². The number of hydrogen-bond acceptors (Lipinski definition) is 5. The predicted octanol–water partition coefficient (Wildman–Crippen LogP) is 2.91. The zero-order valence-electron chi connectivity index (χ0n) is 12.7. The molecule has 1 atom stereocenters. The van der Waals surface area contributed by atoms with Gasteiger partial charge in [-0.15, -0.1) is 11.3 Å². The Balaban J connectivity index is 1.80. The standard InChI is InChI=1S/C16H20FNO3S/c1-18(12-5-6-16(20-2)15(17)8-12)9-13(19)10-21-11-14-4-3-7-22-14/h3-8,13,19H,9-11H2,1-2H3. The first-order valence-electron chi connectivity index (χ1n) is 6.93. The first-order chi connectivity index (χ1) is 10.6. The fourth-order valence-corrected chi connectivity index (χ4v) is 2.70. The van der Waals surface area contributed by atoms with Gasteiger partial charge in [-0.1, -0.05) is 6.07 Å². The van der Waals surface area contributed by atoms with Gasteiger partial charge in [0.2, 0.25) is 0 Å². The molecule has 2 aromatic rings. The van der Waals surface area contributed by atoms with Gasteiger partial charge in [-0.2, -0.15) is 0 Å². The van der Waals surface area contributed by atoms with Crippen LogP contribution in [0.15, 0.2) is 35.7 Å². The van der Waals surface area contributed by atoms with Crippen LogP contribution >= 0.6 is 11.3 Å². The van der Waals surface area contributed by atoms with Crippen molar-refractivity contribution in [3.05, 3.63) is 46.4 Å². The molecule has 120 valence electrons. The smallest absolute Gasteiger partial charge is 0.167 e. The Kier molecular flexibility index (Phi) is 6.18. The van der Waals surface area contributed by atoms with Crippen LogP contribution in [-0.2, 0) is 11.3 Å². The first-order valence-corrected chi connectivity index (χ1v) is 7.81. The number of thiophene rings is 1. The Labute approximate surface area is 133 Å².